The molecule has 25 heavy (non-hydrogen) atoms. The second-order valence-corrected chi connectivity index (χ2v) is 7.17. The van der Waals surface area contributed by atoms with Crippen molar-refractivity contribution in [3.05, 3.63) is 27.7 Å². The summed E-state index contributed by atoms with van der Waals surface area (Å²) in [4.78, 5) is 28.2. The van der Waals surface area contributed by atoms with Gasteiger partial charge in [-0.05, 0) is 32.8 Å². The van der Waals surface area contributed by atoms with Crippen molar-refractivity contribution in [2.75, 3.05) is 6.61 Å². The van der Waals surface area contributed by atoms with Crippen molar-refractivity contribution in [3.63, 3.8) is 0 Å². The first-order valence-corrected chi connectivity index (χ1v) is 9.55. The monoisotopic (exact) mass is 361 g/mol. The smallest absolute Gasteiger partial charge is 0.367 e. The van der Waals surface area contributed by atoms with Gasteiger partial charge in [0.1, 0.15) is 0 Å². The van der Waals surface area contributed by atoms with Gasteiger partial charge in [-0.3, -0.25) is 4.79 Å². The third kappa shape index (κ3) is 3.46. The molecule has 1 fully saturated rings. The van der Waals surface area contributed by atoms with E-state index in [1.807, 2.05) is 12.3 Å². The van der Waals surface area contributed by atoms with E-state index in [9.17, 15) is 9.59 Å². The number of thiazole rings is 1. The van der Waals surface area contributed by atoms with E-state index in [2.05, 4.69) is 9.55 Å². The Balaban J connectivity index is 2.04. The number of carbonyl (C=O) groups is 2. The molecule has 1 aliphatic rings. The number of nitrogens with zero attached hydrogens (tertiary/aromatic N) is 2. The lowest BCUT2D eigenvalue weighted by Crippen LogP contribution is -2.17. The highest BCUT2D eigenvalue weighted by atomic mass is 32.1. The molecule has 0 bridgehead atoms. The molecular weight excluding hydrogens is 338 g/mol. The SMILES string of the molecule is CCOC(=O)c1nc(-c2cc(C(N)=O)c(C)n2C2CCCCC2)cs1. The van der Waals surface area contributed by atoms with E-state index in [4.69, 9.17) is 10.5 Å². The molecule has 3 rings (SSSR count). The second-order valence-electron chi connectivity index (χ2n) is 6.31. The fourth-order valence-electron chi connectivity index (χ4n) is 3.56. The number of rotatable bonds is 5. The first-order valence-electron chi connectivity index (χ1n) is 8.67. The lowest BCUT2D eigenvalue weighted by atomic mass is 9.95. The van der Waals surface area contributed by atoms with Crippen LogP contribution >= 0.6 is 11.3 Å². The van der Waals surface area contributed by atoms with E-state index in [1.165, 1.54) is 30.6 Å². The number of amides is 1. The van der Waals surface area contributed by atoms with Gasteiger partial charge in [-0.1, -0.05) is 19.3 Å². The highest BCUT2D eigenvalue weighted by Crippen LogP contribution is 2.36. The Hall–Kier alpha value is -2.15. The Morgan fingerprint density at radius 3 is 2.72 bits per heavy atom. The third-order valence-electron chi connectivity index (χ3n) is 4.71. The number of esters is 1. The third-order valence-corrected chi connectivity index (χ3v) is 5.54. The Labute approximate surface area is 151 Å². The molecule has 1 saturated carbocycles. The molecule has 2 N–H and O–H groups in total. The molecule has 0 unspecified atom stereocenters. The zero-order valence-electron chi connectivity index (χ0n) is 14.6. The Bertz CT molecular complexity index is 788. The van der Waals surface area contributed by atoms with Gasteiger partial charge < -0.3 is 15.0 Å². The van der Waals surface area contributed by atoms with Gasteiger partial charge in [0.15, 0.2) is 0 Å². The Morgan fingerprint density at radius 1 is 1.36 bits per heavy atom. The number of hydrogen-bond acceptors (Lipinski definition) is 5. The Kier molecular flexibility index (Phi) is 5.22. The van der Waals surface area contributed by atoms with Gasteiger partial charge in [-0.25, -0.2) is 9.78 Å². The molecule has 134 valence electrons. The number of aromatic nitrogens is 2. The van der Waals surface area contributed by atoms with Crippen molar-refractivity contribution < 1.29 is 14.3 Å². The van der Waals surface area contributed by atoms with Crippen LogP contribution in [0, 0.1) is 6.92 Å². The summed E-state index contributed by atoms with van der Waals surface area (Å²) in [6, 6.07) is 2.14. The van der Waals surface area contributed by atoms with Crippen LogP contribution in [-0.2, 0) is 4.74 Å². The summed E-state index contributed by atoms with van der Waals surface area (Å²) in [6.07, 6.45) is 5.77. The van der Waals surface area contributed by atoms with Crippen LogP contribution < -0.4 is 5.73 Å². The largest absolute Gasteiger partial charge is 0.461 e. The average Bonchev–Trinajstić information content (AvgIpc) is 3.20. The molecule has 2 heterocycles. The number of primary amides is 1. The van der Waals surface area contributed by atoms with Crippen LogP contribution in [-0.4, -0.2) is 28.0 Å². The number of carbonyl (C=O) groups excluding carboxylic acids is 2. The summed E-state index contributed by atoms with van der Waals surface area (Å²) >= 11 is 1.26. The maximum Gasteiger partial charge on any atom is 0.367 e. The molecule has 0 radical (unpaired) electrons. The summed E-state index contributed by atoms with van der Waals surface area (Å²) in [6.45, 7) is 4.01. The fraction of sp³-hybridized carbons (Fsp3) is 0.500. The summed E-state index contributed by atoms with van der Waals surface area (Å²) in [5, 5.41) is 2.16. The van der Waals surface area contributed by atoms with E-state index in [0.717, 1.165) is 24.2 Å². The first-order chi connectivity index (χ1) is 12.0. The van der Waals surface area contributed by atoms with Crippen molar-refractivity contribution >= 4 is 23.2 Å². The van der Waals surface area contributed by atoms with E-state index < -0.39 is 11.9 Å². The van der Waals surface area contributed by atoms with Crippen molar-refractivity contribution in [2.45, 2.75) is 52.0 Å². The van der Waals surface area contributed by atoms with Crippen molar-refractivity contribution in [1.29, 1.82) is 0 Å². The van der Waals surface area contributed by atoms with E-state index >= 15 is 0 Å². The maximum absolute atomic E-state index is 11.9. The lowest BCUT2D eigenvalue weighted by molar-refractivity contribution is 0.0526. The summed E-state index contributed by atoms with van der Waals surface area (Å²) in [7, 11) is 0. The minimum Gasteiger partial charge on any atom is -0.461 e. The molecule has 2 aromatic rings. The minimum atomic E-state index is -0.436. The molecule has 1 amide bonds. The van der Waals surface area contributed by atoms with Crippen LogP contribution in [0.2, 0.25) is 0 Å². The zero-order chi connectivity index (χ0) is 18.0. The summed E-state index contributed by atoms with van der Waals surface area (Å²) in [5.74, 6) is -0.851. The van der Waals surface area contributed by atoms with Crippen molar-refractivity contribution in [1.82, 2.24) is 9.55 Å². The maximum atomic E-state index is 11.9. The average molecular weight is 361 g/mol. The van der Waals surface area contributed by atoms with Crippen LogP contribution in [0.1, 0.15) is 70.9 Å². The molecule has 6 nitrogen and oxygen atoms in total. The minimum absolute atomic E-state index is 0.317. The molecule has 0 saturated heterocycles. The van der Waals surface area contributed by atoms with Gasteiger partial charge in [0.2, 0.25) is 5.01 Å². The van der Waals surface area contributed by atoms with E-state index in [0.29, 0.717) is 28.9 Å². The first kappa shape index (κ1) is 17.7. The van der Waals surface area contributed by atoms with Gasteiger partial charge in [-0.2, -0.15) is 0 Å². The zero-order valence-corrected chi connectivity index (χ0v) is 15.4. The molecule has 0 aromatic carbocycles. The highest BCUT2D eigenvalue weighted by molar-refractivity contribution is 7.11. The predicted molar refractivity (Wildman–Crippen MR) is 96.9 cm³/mol. The van der Waals surface area contributed by atoms with Gasteiger partial charge in [0, 0.05) is 17.1 Å². The van der Waals surface area contributed by atoms with Gasteiger partial charge in [-0.15, -0.1) is 11.3 Å². The fourth-order valence-corrected chi connectivity index (χ4v) is 4.26. The predicted octanol–water partition coefficient (Wildman–Crippen LogP) is 3.70. The van der Waals surface area contributed by atoms with Crippen LogP contribution in [0.4, 0.5) is 0 Å². The lowest BCUT2D eigenvalue weighted by Gasteiger charge is -2.26. The van der Waals surface area contributed by atoms with Gasteiger partial charge >= 0.3 is 5.97 Å². The van der Waals surface area contributed by atoms with Gasteiger partial charge in [0.25, 0.3) is 5.91 Å². The normalized spacial score (nSPS) is 15.3. The molecule has 0 aliphatic heterocycles. The molecule has 0 spiro atoms. The standard InChI is InChI=1S/C18H23N3O3S/c1-3-24-18(23)17-20-14(10-25-17)15-9-13(16(19)22)11(2)21(15)12-7-5-4-6-8-12/h9-10,12H,3-8H2,1-2H3,(H2,19,22). The second kappa shape index (κ2) is 7.39. The van der Waals surface area contributed by atoms with Crippen LogP contribution in [0.15, 0.2) is 11.4 Å². The molecule has 7 heteroatoms. The highest BCUT2D eigenvalue weighted by Gasteiger charge is 2.25. The Morgan fingerprint density at radius 2 is 2.08 bits per heavy atom. The summed E-state index contributed by atoms with van der Waals surface area (Å²) < 4.78 is 7.20. The van der Waals surface area contributed by atoms with Gasteiger partial charge in [0.05, 0.1) is 23.6 Å². The van der Waals surface area contributed by atoms with Crippen molar-refractivity contribution in [2.24, 2.45) is 5.73 Å². The van der Waals surface area contributed by atoms with Crippen molar-refractivity contribution in [3.8, 4) is 11.4 Å². The molecular formula is C18H23N3O3S. The molecule has 2 aromatic heterocycles. The number of nitrogens with two attached hydrogens (primary N) is 1. The van der Waals surface area contributed by atoms with E-state index in [-0.39, 0.29) is 0 Å². The van der Waals surface area contributed by atoms with Crippen LogP contribution in [0.25, 0.3) is 11.4 Å². The number of ether oxygens (including phenoxy) is 1. The quantitative estimate of drug-likeness (QED) is 0.823. The number of hydrogen-bond donors (Lipinski definition) is 1. The summed E-state index contributed by atoms with van der Waals surface area (Å²) in [5.41, 5.74) is 8.49. The van der Waals surface area contributed by atoms with Crippen LogP contribution in [0.5, 0.6) is 0 Å². The topological polar surface area (TPSA) is 87.2 Å². The molecule has 1 aliphatic carbocycles. The molecule has 0 atom stereocenters. The van der Waals surface area contributed by atoms with Crippen LogP contribution in [0.3, 0.4) is 0 Å². The van der Waals surface area contributed by atoms with E-state index in [1.54, 1.807) is 13.0 Å².